The third kappa shape index (κ3) is 5.43. The second-order valence-corrected chi connectivity index (χ2v) is 11.1. The molecule has 4 aromatic heterocycles. The van der Waals surface area contributed by atoms with Crippen molar-refractivity contribution in [3.8, 4) is 23.3 Å². The molecule has 1 N–H and O–H groups in total. The predicted molar refractivity (Wildman–Crippen MR) is 165 cm³/mol. The lowest BCUT2D eigenvalue weighted by Crippen LogP contribution is -2.35. The first-order valence-electron chi connectivity index (χ1n) is 13.8. The number of amides is 1. The van der Waals surface area contributed by atoms with Crippen molar-refractivity contribution in [3.05, 3.63) is 92.0 Å². The summed E-state index contributed by atoms with van der Waals surface area (Å²) >= 11 is 12.6. The standard InChI is InChI=1S/C29H25Cl2N9O6/c1-37-13-17(31)11-20(26(37)41)40-22(15-5-7-16(30)8-6-15)23-21(27(40)42)33-24(18-12-32-29(46-3)34-25(18)45-2)39(23)10-4-9-38-14-19(28(43)44)35-36-38/h5-8,11-14,22H,4,9-10H2,1-3H3,(H,43,44)/t22-/m1/s1. The summed E-state index contributed by atoms with van der Waals surface area (Å²) in [6, 6.07) is 7.64. The number of carbonyl (C=O) groups excluding carboxylic acids is 1. The lowest BCUT2D eigenvalue weighted by molar-refractivity contribution is 0.0690. The van der Waals surface area contributed by atoms with Gasteiger partial charge in [-0.2, -0.15) is 4.98 Å². The number of methoxy groups -OCH3 is 2. The zero-order valence-corrected chi connectivity index (χ0v) is 26.1. The van der Waals surface area contributed by atoms with Crippen molar-refractivity contribution in [1.29, 1.82) is 0 Å². The molecule has 0 fully saturated rings. The van der Waals surface area contributed by atoms with Gasteiger partial charge in [-0.15, -0.1) is 5.10 Å². The van der Waals surface area contributed by atoms with Crippen LogP contribution >= 0.6 is 23.2 Å². The number of hydrogen-bond acceptors (Lipinski definition) is 10. The number of rotatable bonds is 10. The molecule has 0 saturated carbocycles. The number of aryl methyl sites for hydroxylation is 2. The number of hydrogen-bond donors (Lipinski definition) is 1. The van der Waals surface area contributed by atoms with Gasteiger partial charge >= 0.3 is 12.0 Å². The summed E-state index contributed by atoms with van der Waals surface area (Å²) < 4.78 is 15.3. The maximum atomic E-state index is 14.3. The minimum atomic E-state index is -1.19. The van der Waals surface area contributed by atoms with Gasteiger partial charge in [0.15, 0.2) is 11.4 Å². The number of imidazole rings is 1. The summed E-state index contributed by atoms with van der Waals surface area (Å²) in [4.78, 5) is 53.7. The lowest BCUT2D eigenvalue weighted by atomic mass is 10.0. The molecular formula is C29H25Cl2N9O6. The fraction of sp³-hybridized carbons (Fsp3) is 0.241. The molecule has 1 aromatic carbocycles. The van der Waals surface area contributed by atoms with E-state index in [2.05, 4.69) is 20.3 Å². The van der Waals surface area contributed by atoms with Gasteiger partial charge < -0.3 is 23.7 Å². The topological polar surface area (TPSA) is 172 Å². The van der Waals surface area contributed by atoms with E-state index in [9.17, 15) is 19.5 Å². The van der Waals surface area contributed by atoms with Crippen molar-refractivity contribution in [2.45, 2.75) is 25.6 Å². The molecule has 15 nitrogen and oxygen atoms in total. The van der Waals surface area contributed by atoms with Gasteiger partial charge in [0.25, 0.3) is 11.5 Å². The van der Waals surface area contributed by atoms with Gasteiger partial charge in [0.05, 0.1) is 36.7 Å². The van der Waals surface area contributed by atoms with E-state index in [-0.39, 0.29) is 40.5 Å². The van der Waals surface area contributed by atoms with Crippen LogP contribution in [0.1, 0.15) is 44.7 Å². The average molecular weight is 666 g/mol. The molecule has 46 heavy (non-hydrogen) atoms. The Kier molecular flexibility index (Phi) is 8.19. The monoisotopic (exact) mass is 665 g/mol. The lowest BCUT2D eigenvalue weighted by Gasteiger charge is -2.27. The third-order valence-corrected chi connectivity index (χ3v) is 7.86. The molecule has 0 bridgehead atoms. The largest absolute Gasteiger partial charge is 0.480 e. The summed E-state index contributed by atoms with van der Waals surface area (Å²) in [5.74, 6) is -1.22. The Balaban J connectivity index is 1.54. The van der Waals surface area contributed by atoms with Crippen LogP contribution in [0.5, 0.6) is 11.9 Å². The molecule has 5 aromatic rings. The van der Waals surface area contributed by atoms with Gasteiger partial charge in [-0.05, 0) is 30.2 Å². The molecule has 0 saturated heterocycles. The molecule has 1 aliphatic heterocycles. The smallest absolute Gasteiger partial charge is 0.358 e. The number of halogens is 2. The van der Waals surface area contributed by atoms with Gasteiger partial charge in [0.1, 0.15) is 17.6 Å². The molecule has 5 heterocycles. The van der Waals surface area contributed by atoms with Crippen LogP contribution in [0.3, 0.4) is 0 Å². The molecule has 1 amide bonds. The summed E-state index contributed by atoms with van der Waals surface area (Å²) in [7, 11) is 4.42. The van der Waals surface area contributed by atoms with Crippen molar-refractivity contribution in [2.75, 3.05) is 19.1 Å². The summed E-state index contributed by atoms with van der Waals surface area (Å²) in [5, 5.41) is 17.6. The van der Waals surface area contributed by atoms with Crippen LogP contribution in [0.15, 0.2) is 53.7 Å². The molecule has 6 rings (SSSR count). The van der Waals surface area contributed by atoms with Gasteiger partial charge in [-0.3, -0.25) is 19.2 Å². The van der Waals surface area contributed by atoms with Crippen LogP contribution in [0.25, 0.3) is 11.4 Å². The number of nitrogens with zero attached hydrogens (tertiary/aromatic N) is 9. The van der Waals surface area contributed by atoms with Crippen LogP contribution in [-0.2, 0) is 20.1 Å². The highest BCUT2D eigenvalue weighted by molar-refractivity contribution is 6.31. The van der Waals surface area contributed by atoms with Crippen LogP contribution < -0.4 is 19.9 Å². The number of aromatic carboxylic acids is 1. The van der Waals surface area contributed by atoms with Crippen LogP contribution in [0.4, 0.5) is 5.69 Å². The second-order valence-electron chi connectivity index (χ2n) is 10.2. The van der Waals surface area contributed by atoms with Crippen molar-refractivity contribution in [3.63, 3.8) is 0 Å². The SMILES string of the molecule is COc1ncc(-c2nc3c(n2CCCn2cc(C(=O)O)nn2)[C@@H](c2ccc(Cl)cc2)N(c2cc(Cl)cn(C)c2=O)C3=O)c(OC)n1. The van der Waals surface area contributed by atoms with E-state index in [0.29, 0.717) is 40.6 Å². The molecule has 0 aliphatic carbocycles. The zero-order valence-electron chi connectivity index (χ0n) is 24.6. The number of pyridine rings is 1. The van der Waals surface area contributed by atoms with Gasteiger partial charge in [0, 0.05) is 37.6 Å². The Bertz CT molecular complexity index is 2040. The molecule has 236 valence electrons. The Morgan fingerprint density at radius 1 is 1.02 bits per heavy atom. The normalized spacial score (nSPS) is 14.1. The maximum absolute atomic E-state index is 14.3. The second kappa shape index (κ2) is 12.3. The van der Waals surface area contributed by atoms with Gasteiger partial charge in [-0.25, -0.2) is 14.8 Å². The molecule has 17 heteroatoms. The number of carboxylic acid groups (broad SMARTS) is 1. The minimum absolute atomic E-state index is 0.0697. The van der Waals surface area contributed by atoms with Crippen molar-refractivity contribution < 1.29 is 24.2 Å². The molecular weight excluding hydrogens is 641 g/mol. The van der Waals surface area contributed by atoms with E-state index in [4.69, 9.17) is 37.7 Å². The molecule has 1 aliphatic rings. The van der Waals surface area contributed by atoms with E-state index in [1.807, 2.05) is 4.57 Å². The van der Waals surface area contributed by atoms with E-state index >= 15 is 0 Å². The number of carboxylic acids is 1. The van der Waals surface area contributed by atoms with Crippen molar-refractivity contribution >= 4 is 40.8 Å². The highest BCUT2D eigenvalue weighted by Crippen LogP contribution is 2.44. The summed E-state index contributed by atoms with van der Waals surface area (Å²) in [6.07, 6.45) is 4.70. The number of aromatic nitrogens is 8. The van der Waals surface area contributed by atoms with E-state index in [1.54, 1.807) is 31.3 Å². The minimum Gasteiger partial charge on any atom is -0.480 e. The molecule has 1 atom stereocenters. The number of benzene rings is 1. The van der Waals surface area contributed by atoms with Crippen LogP contribution in [0.2, 0.25) is 10.0 Å². The number of carbonyl (C=O) groups is 2. The summed E-state index contributed by atoms with van der Waals surface area (Å²) in [5.41, 5.74) is 1.10. The molecule has 0 unspecified atom stereocenters. The fourth-order valence-corrected chi connectivity index (χ4v) is 5.74. The highest BCUT2D eigenvalue weighted by atomic mass is 35.5. The quantitative estimate of drug-likeness (QED) is 0.231. The van der Waals surface area contributed by atoms with E-state index in [0.717, 1.165) is 0 Å². The average Bonchev–Trinajstić information content (AvgIpc) is 3.74. The predicted octanol–water partition coefficient (Wildman–Crippen LogP) is 3.49. The van der Waals surface area contributed by atoms with Crippen LogP contribution in [-0.4, -0.2) is 70.3 Å². The van der Waals surface area contributed by atoms with Gasteiger partial charge in [0.2, 0.25) is 5.88 Å². The Hall–Kier alpha value is -5.28. The number of anilines is 1. The van der Waals surface area contributed by atoms with E-state index in [1.165, 1.54) is 53.0 Å². The molecule has 0 spiro atoms. The zero-order chi connectivity index (χ0) is 32.7. The fourth-order valence-electron chi connectivity index (χ4n) is 5.37. The van der Waals surface area contributed by atoms with E-state index < -0.39 is 23.5 Å². The third-order valence-electron chi connectivity index (χ3n) is 7.40. The Morgan fingerprint density at radius 2 is 1.78 bits per heavy atom. The van der Waals surface area contributed by atoms with Crippen molar-refractivity contribution in [2.24, 2.45) is 7.05 Å². The molecule has 0 radical (unpaired) electrons. The Morgan fingerprint density at radius 3 is 2.46 bits per heavy atom. The maximum Gasteiger partial charge on any atom is 0.358 e. The van der Waals surface area contributed by atoms with Crippen LogP contribution in [0, 0.1) is 0 Å². The first-order valence-corrected chi connectivity index (χ1v) is 14.5. The van der Waals surface area contributed by atoms with Crippen molar-refractivity contribution in [1.82, 2.24) is 39.1 Å². The highest BCUT2D eigenvalue weighted by Gasteiger charge is 2.45. The Labute approximate surface area is 270 Å². The number of ether oxygens (including phenoxy) is 2. The van der Waals surface area contributed by atoms with Gasteiger partial charge in [-0.1, -0.05) is 40.5 Å². The first-order chi connectivity index (χ1) is 22.1. The first kappa shape index (κ1) is 30.7. The number of fused-ring (bicyclic) bond motifs is 1. The summed E-state index contributed by atoms with van der Waals surface area (Å²) in [6.45, 7) is 0.564.